The summed E-state index contributed by atoms with van der Waals surface area (Å²) in [6, 6.07) is 2.05. The molecular formula is C9H10N2S. The van der Waals surface area contributed by atoms with Crippen molar-refractivity contribution in [2.24, 2.45) is 0 Å². The Kier molecular flexibility index (Phi) is 1.81. The fourth-order valence-electron chi connectivity index (χ4n) is 1.05. The molecule has 0 spiro atoms. The Bertz CT molecular complexity index is 392. The number of hydrogen-bond donors (Lipinski definition) is 0. The summed E-state index contributed by atoms with van der Waals surface area (Å²) in [5.41, 5.74) is 0. The Hall–Kier alpha value is -0.960. The highest BCUT2D eigenvalue weighted by Crippen LogP contribution is 2.19. The van der Waals surface area contributed by atoms with Crippen molar-refractivity contribution in [3.05, 3.63) is 23.5 Å². The maximum atomic E-state index is 4.44. The van der Waals surface area contributed by atoms with Gasteiger partial charge in [0.15, 0.2) is 0 Å². The van der Waals surface area contributed by atoms with Gasteiger partial charge in [-0.1, -0.05) is 13.8 Å². The van der Waals surface area contributed by atoms with Gasteiger partial charge in [0, 0.05) is 17.5 Å². The van der Waals surface area contributed by atoms with E-state index in [-0.39, 0.29) is 0 Å². The van der Waals surface area contributed by atoms with Gasteiger partial charge in [-0.15, -0.1) is 11.3 Å². The summed E-state index contributed by atoms with van der Waals surface area (Å²) < 4.78 is 0. The van der Waals surface area contributed by atoms with Crippen LogP contribution in [0, 0.1) is 0 Å². The summed E-state index contributed by atoms with van der Waals surface area (Å²) in [4.78, 5) is 9.81. The van der Waals surface area contributed by atoms with Crippen LogP contribution in [0.5, 0.6) is 0 Å². The standard InChI is InChI=1S/C9H10N2S/c1-6(2)8-10-5-7-3-4-12-9(7)11-8/h3-6H,1-2H3. The van der Waals surface area contributed by atoms with Crippen LogP contribution in [0.1, 0.15) is 25.6 Å². The summed E-state index contributed by atoms with van der Waals surface area (Å²) in [7, 11) is 0. The van der Waals surface area contributed by atoms with Crippen LogP contribution in [0.3, 0.4) is 0 Å². The van der Waals surface area contributed by atoms with Gasteiger partial charge < -0.3 is 0 Å². The lowest BCUT2D eigenvalue weighted by molar-refractivity contribution is 0.784. The van der Waals surface area contributed by atoms with Crippen LogP contribution in [0.4, 0.5) is 0 Å². The fraction of sp³-hybridized carbons (Fsp3) is 0.333. The molecule has 0 atom stereocenters. The van der Waals surface area contributed by atoms with E-state index in [2.05, 4.69) is 23.8 Å². The van der Waals surface area contributed by atoms with Crippen molar-refractivity contribution in [1.82, 2.24) is 9.97 Å². The lowest BCUT2D eigenvalue weighted by atomic mass is 10.2. The Morgan fingerprint density at radius 2 is 2.25 bits per heavy atom. The molecular weight excluding hydrogens is 168 g/mol. The summed E-state index contributed by atoms with van der Waals surface area (Å²) in [6.45, 7) is 4.21. The number of aromatic nitrogens is 2. The van der Waals surface area contributed by atoms with Crippen molar-refractivity contribution in [1.29, 1.82) is 0 Å². The van der Waals surface area contributed by atoms with Gasteiger partial charge in [-0.3, -0.25) is 0 Å². The monoisotopic (exact) mass is 178 g/mol. The zero-order valence-electron chi connectivity index (χ0n) is 7.11. The highest BCUT2D eigenvalue weighted by Gasteiger charge is 2.03. The van der Waals surface area contributed by atoms with Crippen molar-refractivity contribution < 1.29 is 0 Å². The molecule has 12 heavy (non-hydrogen) atoms. The predicted molar refractivity (Wildman–Crippen MR) is 51.5 cm³/mol. The van der Waals surface area contributed by atoms with Gasteiger partial charge in [-0.25, -0.2) is 9.97 Å². The molecule has 2 nitrogen and oxygen atoms in total. The molecule has 0 saturated carbocycles. The molecule has 0 aromatic carbocycles. The number of fused-ring (bicyclic) bond motifs is 1. The van der Waals surface area contributed by atoms with Gasteiger partial charge in [0.25, 0.3) is 0 Å². The summed E-state index contributed by atoms with van der Waals surface area (Å²) >= 11 is 1.67. The SMILES string of the molecule is CC(C)c1ncc2ccsc2n1. The van der Waals surface area contributed by atoms with E-state index < -0.39 is 0 Å². The third-order valence-electron chi connectivity index (χ3n) is 1.74. The molecule has 0 N–H and O–H groups in total. The molecule has 2 rings (SSSR count). The van der Waals surface area contributed by atoms with E-state index >= 15 is 0 Å². The molecule has 2 aromatic rings. The average Bonchev–Trinajstić information content (AvgIpc) is 2.49. The maximum absolute atomic E-state index is 4.44. The van der Waals surface area contributed by atoms with Crippen LogP contribution in [-0.4, -0.2) is 9.97 Å². The van der Waals surface area contributed by atoms with Crippen molar-refractivity contribution in [2.45, 2.75) is 19.8 Å². The van der Waals surface area contributed by atoms with Crippen molar-refractivity contribution in [3.63, 3.8) is 0 Å². The quantitative estimate of drug-likeness (QED) is 0.671. The van der Waals surface area contributed by atoms with Gasteiger partial charge in [0.05, 0.1) is 0 Å². The van der Waals surface area contributed by atoms with Crippen molar-refractivity contribution in [3.8, 4) is 0 Å². The molecule has 0 bridgehead atoms. The average molecular weight is 178 g/mol. The van der Waals surface area contributed by atoms with E-state index in [1.54, 1.807) is 11.3 Å². The first-order valence-corrected chi connectivity index (χ1v) is 4.85. The minimum atomic E-state index is 0.413. The maximum Gasteiger partial charge on any atom is 0.132 e. The highest BCUT2D eigenvalue weighted by molar-refractivity contribution is 7.16. The number of nitrogens with zero attached hydrogens (tertiary/aromatic N) is 2. The first-order valence-electron chi connectivity index (χ1n) is 3.97. The Morgan fingerprint density at radius 1 is 1.42 bits per heavy atom. The van der Waals surface area contributed by atoms with E-state index in [4.69, 9.17) is 0 Å². The van der Waals surface area contributed by atoms with Crippen LogP contribution in [0.15, 0.2) is 17.6 Å². The summed E-state index contributed by atoms with van der Waals surface area (Å²) in [5.74, 6) is 1.35. The minimum Gasteiger partial charge on any atom is -0.240 e. The van der Waals surface area contributed by atoms with Crippen molar-refractivity contribution >= 4 is 21.6 Å². The van der Waals surface area contributed by atoms with E-state index in [9.17, 15) is 0 Å². The molecule has 0 aliphatic heterocycles. The topological polar surface area (TPSA) is 25.8 Å². The number of thiophene rings is 1. The largest absolute Gasteiger partial charge is 0.240 e. The second-order valence-corrected chi connectivity index (χ2v) is 3.96. The van der Waals surface area contributed by atoms with Gasteiger partial charge >= 0.3 is 0 Å². The normalized spacial score (nSPS) is 11.2. The fourth-order valence-corrected chi connectivity index (χ4v) is 1.79. The minimum absolute atomic E-state index is 0.413. The summed E-state index contributed by atoms with van der Waals surface area (Å²) in [6.07, 6.45) is 1.90. The Labute approximate surface area is 75.3 Å². The molecule has 62 valence electrons. The lowest BCUT2D eigenvalue weighted by Crippen LogP contribution is -1.95. The molecule has 0 fully saturated rings. The first-order chi connectivity index (χ1) is 5.77. The second kappa shape index (κ2) is 2.83. The molecule has 0 amide bonds. The first kappa shape index (κ1) is 7.68. The van der Waals surface area contributed by atoms with E-state index in [0.29, 0.717) is 5.92 Å². The van der Waals surface area contributed by atoms with Gasteiger partial charge in [0.1, 0.15) is 10.7 Å². The van der Waals surface area contributed by atoms with Gasteiger partial charge in [0.2, 0.25) is 0 Å². The number of hydrogen-bond acceptors (Lipinski definition) is 3. The molecule has 3 heteroatoms. The Balaban J connectivity index is 2.60. The third-order valence-corrected chi connectivity index (χ3v) is 2.57. The Morgan fingerprint density at radius 3 is 3.00 bits per heavy atom. The smallest absolute Gasteiger partial charge is 0.132 e. The van der Waals surface area contributed by atoms with E-state index in [1.807, 2.05) is 17.6 Å². The summed E-state index contributed by atoms with van der Waals surface area (Å²) in [5, 5.41) is 3.19. The van der Waals surface area contributed by atoms with Crippen molar-refractivity contribution in [2.75, 3.05) is 0 Å². The molecule has 2 heterocycles. The predicted octanol–water partition coefficient (Wildman–Crippen LogP) is 2.81. The number of rotatable bonds is 1. The van der Waals surface area contributed by atoms with Crippen LogP contribution >= 0.6 is 11.3 Å². The van der Waals surface area contributed by atoms with Crippen LogP contribution < -0.4 is 0 Å². The zero-order chi connectivity index (χ0) is 8.55. The second-order valence-electron chi connectivity index (χ2n) is 3.06. The highest BCUT2D eigenvalue weighted by atomic mass is 32.1. The van der Waals surface area contributed by atoms with E-state index in [1.165, 1.54) is 0 Å². The third kappa shape index (κ3) is 1.20. The molecule has 0 saturated heterocycles. The molecule has 0 aliphatic rings. The van der Waals surface area contributed by atoms with Gasteiger partial charge in [-0.2, -0.15) is 0 Å². The molecule has 0 aliphatic carbocycles. The lowest BCUT2D eigenvalue weighted by Gasteiger charge is -2.01. The van der Waals surface area contributed by atoms with Crippen LogP contribution in [0.25, 0.3) is 10.2 Å². The van der Waals surface area contributed by atoms with Gasteiger partial charge in [-0.05, 0) is 11.4 Å². The zero-order valence-corrected chi connectivity index (χ0v) is 7.93. The molecule has 0 radical (unpaired) electrons. The van der Waals surface area contributed by atoms with Crippen LogP contribution in [-0.2, 0) is 0 Å². The molecule has 0 unspecified atom stereocenters. The van der Waals surface area contributed by atoms with Crippen LogP contribution in [0.2, 0.25) is 0 Å². The molecule has 2 aromatic heterocycles. The van der Waals surface area contributed by atoms with E-state index in [0.717, 1.165) is 16.0 Å².